The molecule has 4 rings (SSSR count). The van der Waals surface area contributed by atoms with Gasteiger partial charge in [-0.25, -0.2) is 0 Å². The summed E-state index contributed by atoms with van der Waals surface area (Å²) in [5.41, 5.74) is -0.0128. The van der Waals surface area contributed by atoms with E-state index in [1.54, 1.807) is 40.0 Å². The molecule has 0 aromatic rings. The van der Waals surface area contributed by atoms with Crippen LogP contribution in [0.25, 0.3) is 0 Å². The molecule has 14 atom stereocenters. The zero-order valence-corrected chi connectivity index (χ0v) is 44.3. The first-order chi connectivity index (χ1) is 33.5. The Balaban J connectivity index is 1.62. The van der Waals surface area contributed by atoms with Crippen LogP contribution in [0.3, 0.4) is 0 Å². The maximum atomic E-state index is 14.3. The molecule has 2 heterocycles. The van der Waals surface area contributed by atoms with E-state index < -0.39 is 41.7 Å². The van der Waals surface area contributed by atoms with Crippen LogP contribution in [-0.4, -0.2) is 104 Å². The van der Waals surface area contributed by atoms with Crippen molar-refractivity contribution in [2.24, 2.45) is 47.3 Å². The van der Waals surface area contributed by atoms with E-state index >= 15 is 0 Å². The molecular formula is C58H90O12. The normalized spacial score (nSPS) is 37.4. The number of hydrogen-bond acceptors (Lipinski definition) is 12. The minimum absolute atomic E-state index is 0.00217. The van der Waals surface area contributed by atoms with Gasteiger partial charge in [0.25, 0.3) is 0 Å². The van der Waals surface area contributed by atoms with Crippen molar-refractivity contribution in [2.75, 3.05) is 27.4 Å². The Morgan fingerprint density at radius 3 is 2.21 bits per heavy atom. The Labute approximate surface area is 420 Å². The molecule has 2 aliphatic carbocycles. The highest BCUT2D eigenvalue weighted by Gasteiger charge is 2.54. The number of hydrogen-bond donors (Lipinski definition) is 1. The molecule has 70 heavy (non-hydrogen) atoms. The number of allylic oxidation sites excluding steroid dienone is 7. The molecule has 1 spiro atoms. The second kappa shape index (κ2) is 29.9. The number of aliphatic hydroxyl groups excluding tert-OH is 1. The van der Waals surface area contributed by atoms with Crippen LogP contribution in [0.5, 0.6) is 0 Å². The second-order valence-electron chi connectivity index (χ2n) is 21.7. The minimum Gasteiger partial charge on any atom is -0.461 e. The largest absolute Gasteiger partial charge is 0.461 e. The van der Waals surface area contributed by atoms with E-state index in [-0.39, 0.29) is 97.0 Å². The SMILES string of the molecule is CCCCCCC[C@H]1CC(=O)/C(C)=C/C=C/C=C/[C@@H](C)C[C@@H](C)C(=O)[C@H](OC)C(O)/C(C)=C/[C@@H](C)C(=O)C[C@@H]([C@H](C)CC2CCC(C=O)[C@H](OC)C2)OC(=O)[C@@H]2CCCCC(CC2)C(=O)C2(CO1)CO2. The first-order valence-electron chi connectivity index (χ1n) is 27.0. The van der Waals surface area contributed by atoms with Crippen LogP contribution in [0, 0.1) is 47.3 Å². The summed E-state index contributed by atoms with van der Waals surface area (Å²) in [6.07, 6.45) is 21.8. The van der Waals surface area contributed by atoms with E-state index in [0.29, 0.717) is 68.9 Å². The Morgan fingerprint density at radius 2 is 1.54 bits per heavy atom. The van der Waals surface area contributed by atoms with E-state index in [1.807, 2.05) is 45.1 Å². The summed E-state index contributed by atoms with van der Waals surface area (Å²) < 4.78 is 30.2. The van der Waals surface area contributed by atoms with Gasteiger partial charge < -0.3 is 33.6 Å². The van der Waals surface area contributed by atoms with Gasteiger partial charge in [0.15, 0.2) is 23.0 Å². The number of ketones is 4. The number of ether oxygens (including phenoxy) is 5. The lowest BCUT2D eigenvalue weighted by molar-refractivity contribution is -0.159. The van der Waals surface area contributed by atoms with Crippen LogP contribution in [-0.2, 0) is 52.5 Å². The van der Waals surface area contributed by atoms with Crippen LogP contribution >= 0.6 is 0 Å². The number of rotatable bonds is 12. The van der Waals surface area contributed by atoms with Gasteiger partial charge in [0.2, 0.25) is 0 Å². The van der Waals surface area contributed by atoms with Gasteiger partial charge in [0.05, 0.1) is 31.3 Å². The average Bonchev–Trinajstić information content (AvgIpc) is 4.13. The third-order valence-corrected chi connectivity index (χ3v) is 15.9. The van der Waals surface area contributed by atoms with Gasteiger partial charge in [-0.3, -0.25) is 24.0 Å². The number of fused-ring (bicyclic) bond motifs is 3. The van der Waals surface area contributed by atoms with E-state index in [2.05, 4.69) is 6.92 Å². The summed E-state index contributed by atoms with van der Waals surface area (Å²) in [4.78, 5) is 81.9. The molecule has 2 bridgehead atoms. The molecule has 394 valence electrons. The summed E-state index contributed by atoms with van der Waals surface area (Å²) >= 11 is 0. The second-order valence-corrected chi connectivity index (χ2v) is 21.7. The van der Waals surface area contributed by atoms with Gasteiger partial charge in [-0.1, -0.05) is 116 Å². The molecule has 12 nitrogen and oxygen atoms in total. The lowest BCUT2D eigenvalue weighted by Gasteiger charge is -2.35. The van der Waals surface area contributed by atoms with Crippen molar-refractivity contribution in [3.63, 3.8) is 0 Å². The number of epoxide rings is 1. The van der Waals surface area contributed by atoms with Crippen LogP contribution in [0.1, 0.15) is 170 Å². The average molecular weight is 979 g/mol. The van der Waals surface area contributed by atoms with Crippen LogP contribution in [0.2, 0.25) is 0 Å². The topological polar surface area (TPSA) is 172 Å². The molecule has 2 aliphatic heterocycles. The highest BCUT2D eigenvalue weighted by molar-refractivity contribution is 5.95. The third-order valence-electron chi connectivity index (χ3n) is 15.9. The lowest BCUT2D eigenvalue weighted by atomic mass is 9.75. The van der Waals surface area contributed by atoms with Gasteiger partial charge in [0, 0.05) is 50.7 Å². The van der Waals surface area contributed by atoms with E-state index in [1.165, 1.54) is 7.11 Å². The molecule has 3 fully saturated rings. The van der Waals surface area contributed by atoms with Crippen molar-refractivity contribution in [1.29, 1.82) is 0 Å². The van der Waals surface area contributed by atoms with Gasteiger partial charge in [-0.2, -0.15) is 0 Å². The molecule has 0 aromatic heterocycles. The third kappa shape index (κ3) is 18.3. The number of carbonyl (C=O) groups is 6. The van der Waals surface area contributed by atoms with Crippen LogP contribution in [0.4, 0.5) is 0 Å². The molecule has 12 heteroatoms. The van der Waals surface area contributed by atoms with Gasteiger partial charge in [0.1, 0.15) is 30.4 Å². The van der Waals surface area contributed by atoms with Crippen molar-refractivity contribution >= 4 is 35.4 Å². The molecular weight excluding hydrogens is 889 g/mol. The number of Topliss-reactive ketones (excluding diaryl/α,β-unsaturated/α-hetero) is 4. The van der Waals surface area contributed by atoms with Crippen molar-refractivity contribution in [2.45, 2.75) is 207 Å². The number of aliphatic hydroxyl groups is 1. The fraction of sp³-hybridized carbons (Fsp3) is 0.759. The Kier molecular flexibility index (Phi) is 25.3. The first kappa shape index (κ1) is 59.1. The highest BCUT2D eigenvalue weighted by atomic mass is 16.6. The zero-order chi connectivity index (χ0) is 51.4. The summed E-state index contributed by atoms with van der Waals surface area (Å²) in [5.74, 6) is -2.78. The Hall–Kier alpha value is -3.42. The van der Waals surface area contributed by atoms with Crippen molar-refractivity contribution in [3.05, 3.63) is 47.6 Å². The number of carbonyl (C=O) groups excluding carboxylic acids is 6. The maximum absolute atomic E-state index is 14.3. The molecule has 4 aliphatic rings. The monoisotopic (exact) mass is 979 g/mol. The quantitative estimate of drug-likeness (QED) is 0.0646. The summed E-state index contributed by atoms with van der Waals surface area (Å²) in [5, 5.41) is 11.5. The smallest absolute Gasteiger partial charge is 0.309 e. The molecule has 0 amide bonds. The summed E-state index contributed by atoms with van der Waals surface area (Å²) in [7, 11) is 3.03. The van der Waals surface area contributed by atoms with E-state index in [9.17, 15) is 33.9 Å². The van der Waals surface area contributed by atoms with E-state index in [0.717, 1.165) is 57.7 Å². The zero-order valence-electron chi connectivity index (χ0n) is 44.3. The van der Waals surface area contributed by atoms with Crippen LogP contribution in [0.15, 0.2) is 47.6 Å². The van der Waals surface area contributed by atoms with Crippen molar-refractivity contribution in [1.82, 2.24) is 0 Å². The highest BCUT2D eigenvalue weighted by Crippen LogP contribution is 2.39. The van der Waals surface area contributed by atoms with E-state index in [4.69, 9.17) is 23.7 Å². The van der Waals surface area contributed by atoms with Gasteiger partial charge in [-0.05, 0) is 107 Å². The maximum Gasteiger partial charge on any atom is 0.309 e. The predicted octanol–water partition coefficient (Wildman–Crippen LogP) is 10.4. The lowest BCUT2D eigenvalue weighted by Crippen LogP contribution is -2.40. The Bertz CT molecular complexity index is 1820. The Morgan fingerprint density at radius 1 is 0.843 bits per heavy atom. The summed E-state index contributed by atoms with van der Waals surface area (Å²) in [6, 6.07) is 0. The molecule has 1 N–H and O–H groups in total. The van der Waals surface area contributed by atoms with Crippen molar-refractivity contribution in [3.8, 4) is 0 Å². The number of aldehydes is 1. The van der Waals surface area contributed by atoms with Gasteiger partial charge >= 0.3 is 5.97 Å². The molecule has 0 radical (unpaired) electrons. The molecule has 5 unspecified atom stereocenters. The minimum atomic E-state index is -1.28. The van der Waals surface area contributed by atoms with Gasteiger partial charge in [-0.15, -0.1) is 0 Å². The van der Waals surface area contributed by atoms with Crippen LogP contribution < -0.4 is 0 Å². The standard InChI is InChI=1S/C58H90O12/c1-10-11-12-13-17-24-48-33-49(60)39(3)21-16-14-15-20-38(2)29-42(6)53(62)55(67-9)54(63)43(7)30-40(4)50(61)34-51(41(5)31-44-25-26-47(35-59)52(32-44)66-8)70-57(65)46-23-19-18-22-45(27-28-46)56(64)58(36-68-48)37-69-58/h14-16,20-21,30,35,38,40-42,44-48,51-52,54-55,63H,10-13,17-19,22-29,31-34,36-37H2,1-9H3/b16-14+,20-15+,39-21+,43-30+/t38-,40-,41-,42-,44?,45?,46-,47?,48+,51+,52-,54?,55+,58?/m1/s1. The number of esters is 1. The van der Waals surface area contributed by atoms with Crippen molar-refractivity contribution < 1.29 is 57.6 Å². The predicted molar refractivity (Wildman–Crippen MR) is 272 cm³/mol. The first-order valence-corrected chi connectivity index (χ1v) is 27.0. The fourth-order valence-electron chi connectivity index (χ4n) is 11.0. The number of cyclic esters (lactones) is 1. The number of methoxy groups -OCH3 is 2. The number of unbranched alkanes of at least 4 members (excludes halogenated alkanes) is 4. The molecule has 1 saturated heterocycles. The molecule has 0 aromatic carbocycles. The fourth-order valence-corrected chi connectivity index (χ4v) is 11.0. The summed E-state index contributed by atoms with van der Waals surface area (Å²) in [6.45, 7) is 13.6. The molecule has 2 saturated carbocycles.